The highest BCUT2D eigenvalue weighted by Crippen LogP contribution is 2.36. The van der Waals surface area contributed by atoms with Gasteiger partial charge in [0.2, 0.25) is 0 Å². The first-order chi connectivity index (χ1) is 9.89. The number of carboxylic acid groups (broad SMARTS) is 1. The van der Waals surface area contributed by atoms with Crippen LogP contribution in [0.5, 0.6) is 5.75 Å². The molecule has 0 spiro atoms. The van der Waals surface area contributed by atoms with E-state index in [0.717, 1.165) is 18.6 Å². The van der Waals surface area contributed by atoms with Crippen molar-refractivity contribution < 1.29 is 19.8 Å². The Hall–Kier alpha value is -1.89. The summed E-state index contributed by atoms with van der Waals surface area (Å²) in [7, 11) is 0. The zero-order valence-electron chi connectivity index (χ0n) is 11.7. The largest absolute Gasteiger partial charge is 0.507 e. The van der Waals surface area contributed by atoms with Gasteiger partial charge in [-0.25, -0.2) is 9.59 Å². The SMILES string of the molecule is CC1(CNC(=O)Nc2ccc(C(=O)O)c(O)c2)CCCS1. The van der Waals surface area contributed by atoms with Crippen molar-refractivity contribution >= 4 is 29.4 Å². The molecule has 2 rings (SSSR count). The molecule has 0 radical (unpaired) electrons. The minimum atomic E-state index is -1.21. The van der Waals surface area contributed by atoms with Crippen LogP contribution in [0.3, 0.4) is 0 Å². The van der Waals surface area contributed by atoms with Gasteiger partial charge in [-0.1, -0.05) is 0 Å². The molecule has 0 aromatic heterocycles. The minimum absolute atomic E-state index is 0.0760. The van der Waals surface area contributed by atoms with Gasteiger partial charge in [0.15, 0.2) is 0 Å². The Morgan fingerprint density at radius 3 is 2.76 bits per heavy atom. The zero-order valence-corrected chi connectivity index (χ0v) is 12.5. The van der Waals surface area contributed by atoms with Crippen LogP contribution in [0.25, 0.3) is 0 Å². The van der Waals surface area contributed by atoms with E-state index in [0.29, 0.717) is 12.2 Å². The molecule has 1 aromatic rings. The third kappa shape index (κ3) is 4.04. The lowest BCUT2D eigenvalue weighted by Gasteiger charge is -2.22. The van der Waals surface area contributed by atoms with Crippen LogP contribution in [-0.4, -0.2) is 39.3 Å². The van der Waals surface area contributed by atoms with E-state index in [2.05, 4.69) is 17.6 Å². The van der Waals surface area contributed by atoms with E-state index in [4.69, 9.17) is 5.11 Å². The van der Waals surface area contributed by atoms with E-state index in [1.54, 1.807) is 0 Å². The molecule has 0 bridgehead atoms. The van der Waals surface area contributed by atoms with Crippen molar-refractivity contribution in [3.05, 3.63) is 23.8 Å². The van der Waals surface area contributed by atoms with Gasteiger partial charge in [0.05, 0.1) is 0 Å². The molecule has 7 heteroatoms. The molecule has 114 valence electrons. The zero-order chi connectivity index (χ0) is 15.5. The summed E-state index contributed by atoms with van der Waals surface area (Å²) in [4.78, 5) is 22.6. The number of anilines is 1. The van der Waals surface area contributed by atoms with Gasteiger partial charge in [0.1, 0.15) is 11.3 Å². The number of phenols is 1. The van der Waals surface area contributed by atoms with Gasteiger partial charge in [-0.2, -0.15) is 11.8 Å². The Kier molecular flexibility index (Phi) is 4.62. The van der Waals surface area contributed by atoms with Crippen LogP contribution in [0, 0.1) is 0 Å². The molecule has 1 aliphatic heterocycles. The summed E-state index contributed by atoms with van der Waals surface area (Å²) in [6.07, 6.45) is 2.24. The second-order valence-electron chi connectivity index (χ2n) is 5.25. The number of nitrogens with one attached hydrogen (secondary N) is 2. The third-order valence-electron chi connectivity index (χ3n) is 3.41. The minimum Gasteiger partial charge on any atom is -0.507 e. The number of urea groups is 1. The average molecular weight is 310 g/mol. The van der Waals surface area contributed by atoms with E-state index in [-0.39, 0.29) is 22.1 Å². The van der Waals surface area contributed by atoms with E-state index < -0.39 is 5.97 Å². The summed E-state index contributed by atoms with van der Waals surface area (Å²) >= 11 is 1.85. The van der Waals surface area contributed by atoms with E-state index >= 15 is 0 Å². The normalized spacial score (nSPS) is 21.0. The standard InChI is InChI=1S/C14H18N2O4S/c1-14(5-2-6-21-14)8-15-13(20)16-9-3-4-10(12(18)19)11(17)7-9/h3-4,7,17H,2,5-6,8H2,1H3,(H,18,19)(H2,15,16,20). The molecule has 4 N–H and O–H groups in total. The Bertz CT molecular complexity index is 556. The number of carboxylic acids is 1. The molecule has 1 saturated heterocycles. The van der Waals surface area contributed by atoms with Crippen LogP contribution in [0.1, 0.15) is 30.1 Å². The van der Waals surface area contributed by atoms with Crippen LogP contribution in [0.15, 0.2) is 18.2 Å². The quantitative estimate of drug-likeness (QED) is 0.685. The lowest BCUT2D eigenvalue weighted by atomic mass is 10.1. The molecule has 1 aromatic carbocycles. The van der Waals surface area contributed by atoms with Crippen molar-refractivity contribution in [3.8, 4) is 5.75 Å². The van der Waals surface area contributed by atoms with Crippen LogP contribution >= 0.6 is 11.8 Å². The van der Waals surface area contributed by atoms with Crippen molar-refractivity contribution in [2.45, 2.75) is 24.5 Å². The van der Waals surface area contributed by atoms with Crippen LogP contribution in [0.2, 0.25) is 0 Å². The molecular formula is C14H18N2O4S. The number of aromatic carboxylic acids is 1. The highest BCUT2D eigenvalue weighted by molar-refractivity contribution is 8.00. The van der Waals surface area contributed by atoms with Gasteiger partial charge in [0, 0.05) is 23.0 Å². The van der Waals surface area contributed by atoms with Crippen molar-refractivity contribution in [1.82, 2.24) is 5.32 Å². The summed E-state index contributed by atoms with van der Waals surface area (Å²) in [5, 5.41) is 23.8. The van der Waals surface area contributed by atoms with Crippen LogP contribution in [-0.2, 0) is 0 Å². The van der Waals surface area contributed by atoms with Gasteiger partial charge in [-0.15, -0.1) is 0 Å². The molecule has 0 aliphatic carbocycles. The maximum atomic E-state index is 11.8. The molecule has 1 atom stereocenters. The van der Waals surface area contributed by atoms with Crippen molar-refractivity contribution in [1.29, 1.82) is 0 Å². The number of carbonyl (C=O) groups excluding carboxylic acids is 1. The molecule has 1 unspecified atom stereocenters. The van der Waals surface area contributed by atoms with E-state index in [1.807, 2.05) is 11.8 Å². The second kappa shape index (κ2) is 6.26. The summed E-state index contributed by atoms with van der Waals surface area (Å²) in [5.74, 6) is -0.474. The Labute approximate surface area is 126 Å². The molecule has 1 heterocycles. The van der Waals surface area contributed by atoms with Gasteiger partial charge in [-0.3, -0.25) is 0 Å². The van der Waals surface area contributed by atoms with Crippen molar-refractivity contribution in [3.63, 3.8) is 0 Å². The summed E-state index contributed by atoms with van der Waals surface area (Å²) in [6.45, 7) is 2.70. The van der Waals surface area contributed by atoms with E-state index in [9.17, 15) is 14.7 Å². The fourth-order valence-electron chi connectivity index (χ4n) is 2.21. The first-order valence-corrected chi connectivity index (χ1v) is 7.63. The lowest BCUT2D eigenvalue weighted by molar-refractivity contribution is 0.0694. The summed E-state index contributed by atoms with van der Waals surface area (Å²) in [5.41, 5.74) is 0.148. The van der Waals surface area contributed by atoms with Gasteiger partial charge < -0.3 is 20.8 Å². The summed E-state index contributed by atoms with van der Waals surface area (Å²) in [6, 6.07) is 3.54. The topological polar surface area (TPSA) is 98.7 Å². The predicted molar refractivity (Wildman–Crippen MR) is 82.2 cm³/mol. The maximum Gasteiger partial charge on any atom is 0.339 e. The van der Waals surface area contributed by atoms with Crippen molar-refractivity contribution in [2.24, 2.45) is 0 Å². The molecule has 0 saturated carbocycles. The molecule has 1 fully saturated rings. The smallest absolute Gasteiger partial charge is 0.339 e. The number of carbonyl (C=O) groups is 2. The molecule has 21 heavy (non-hydrogen) atoms. The third-order valence-corrected chi connectivity index (χ3v) is 4.95. The highest BCUT2D eigenvalue weighted by Gasteiger charge is 2.29. The maximum absolute atomic E-state index is 11.8. The first-order valence-electron chi connectivity index (χ1n) is 6.65. The number of thioether (sulfide) groups is 1. The lowest BCUT2D eigenvalue weighted by Crippen LogP contribution is -2.39. The summed E-state index contributed by atoms with van der Waals surface area (Å²) < 4.78 is 0.0760. The number of hydrogen-bond donors (Lipinski definition) is 4. The molecular weight excluding hydrogens is 292 g/mol. The van der Waals surface area contributed by atoms with Gasteiger partial charge in [0.25, 0.3) is 0 Å². The monoisotopic (exact) mass is 310 g/mol. The number of hydrogen-bond acceptors (Lipinski definition) is 4. The molecule has 6 nitrogen and oxygen atoms in total. The number of aromatic hydroxyl groups is 1. The van der Waals surface area contributed by atoms with Gasteiger partial charge >= 0.3 is 12.0 Å². The Morgan fingerprint density at radius 1 is 1.43 bits per heavy atom. The second-order valence-corrected chi connectivity index (χ2v) is 6.93. The van der Waals surface area contributed by atoms with E-state index in [1.165, 1.54) is 18.2 Å². The first kappa shape index (κ1) is 15.5. The Balaban J connectivity index is 1.90. The van der Waals surface area contributed by atoms with Crippen molar-refractivity contribution in [2.75, 3.05) is 17.6 Å². The average Bonchev–Trinajstić information content (AvgIpc) is 2.84. The fourth-order valence-corrected chi connectivity index (χ4v) is 3.45. The van der Waals surface area contributed by atoms with Crippen LogP contribution in [0.4, 0.5) is 10.5 Å². The number of rotatable bonds is 4. The fraction of sp³-hybridized carbons (Fsp3) is 0.429. The number of amides is 2. The predicted octanol–water partition coefficient (Wildman–Crippen LogP) is 2.50. The van der Waals surface area contributed by atoms with Gasteiger partial charge in [-0.05, 0) is 37.7 Å². The molecule has 2 amide bonds. The number of benzene rings is 1. The van der Waals surface area contributed by atoms with Crippen LogP contribution < -0.4 is 10.6 Å². The highest BCUT2D eigenvalue weighted by atomic mass is 32.2. The molecule has 1 aliphatic rings. The Morgan fingerprint density at radius 2 is 2.19 bits per heavy atom.